The van der Waals surface area contributed by atoms with Crippen molar-refractivity contribution in [1.29, 1.82) is 0 Å². The van der Waals surface area contributed by atoms with Gasteiger partial charge in [-0.05, 0) is 43.1 Å². The Kier molecular flexibility index (Phi) is 11.6. The number of carbonyl (C=O) groups is 4. The van der Waals surface area contributed by atoms with Crippen LogP contribution in [0.3, 0.4) is 0 Å². The summed E-state index contributed by atoms with van der Waals surface area (Å²) >= 11 is 1.55. The van der Waals surface area contributed by atoms with Gasteiger partial charge >= 0.3 is 12.2 Å². The van der Waals surface area contributed by atoms with Crippen LogP contribution in [0.4, 0.5) is 9.59 Å². The number of imidazole rings is 2. The number of nitrogens with one attached hydrogen (secondary N) is 4. The number of nitrogens with zero attached hydrogens (tertiary/aromatic N) is 5. The van der Waals surface area contributed by atoms with Crippen molar-refractivity contribution in [3.8, 4) is 33.6 Å². The Balaban J connectivity index is 1.07. The summed E-state index contributed by atoms with van der Waals surface area (Å²) in [7, 11) is 2.58. The summed E-state index contributed by atoms with van der Waals surface area (Å²) in [5.74, 6) is 0.889. The lowest BCUT2D eigenvalue weighted by atomic mass is 9.99. The van der Waals surface area contributed by atoms with Crippen molar-refractivity contribution in [3.05, 3.63) is 66.0 Å². The molecule has 2 aliphatic rings. The number of alkyl carbamates (subject to hydrolysis) is 2. The van der Waals surface area contributed by atoms with Crippen LogP contribution in [0.15, 0.2) is 54.3 Å². The second-order valence-corrected chi connectivity index (χ2v) is 16.1. The highest BCUT2D eigenvalue weighted by Gasteiger charge is 2.39. The molecule has 57 heavy (non-hydrogen) atoms. The van der Waals surface area contributed by atoms with Gasteiger partial charge in [0.15, 0.2) is 0 Å². The van der Waals surface area contributed by atoms with Gasteiger partial charge in [-0.2, -0.15) is 0 Å². The topological polar surface area (TPSA) is 188 Å². The Bertz CT molecular complexity index is 2250. The summed E-state index contributed by atoms with van der Waals surface area (Å²) in [5.41, 5.74) is 8.13. The highest BCUT2D eigenvalue weighted by Crippen LogP contribution is 2.39. The van der Waals surface area contributed by atoms with Gasteiger partial charge in [0, 0.05) is 42.2 Å². The molecule has 15 nitrogen and oxygen atoms in total. The van der Waals surface area contributed by atoms with Crippen molar-refractivity contribution in [3.63, 3.8) is 0 Å². The van der Waals surface area contributed by atoms with Crippen molar-refractivity contribution in [1.82, 2.24) is 45.4 Å². The smallest absolute Gasteiger partial charge is 0.407 e. The first-order chi connectivity index (χ1) is 27.5. The van der Waals surface area contributed by atoms with E-state index in [0.29, 0.717) is 24.7 Å². The fraction of sp³-hybridized carbons (Fsp3) is 0.439. The first-order valence-corrected chi connectivity index (χ1v) is 20.2. The van der Waals surface area contributed by atoms with Crippen molar-refractivity contribution in [2.45, 2.75) is 77.5 Å². The molecule has 16 heteroatoms. The molecule has 3 aromatic heterocycles. The number of aromatic nitrogens is 5. The first-order valence-electron chi connectivity index (χ1n) is 19.4. The molecular formula is C41H49N9O6S. The molecule has 5 heterocycles. The third kappa shape index (κ3) is 7.95. The third-order valence-corrected chi connectivity index (χ3v) is 11.8. The van der Waals surface area contributed by atoms with Crippen molar-refractivity contribution in [2.24, 2.45) is 11.8 Å². The number of hydrogen-bond donors (Lipinski definition) is 4. The van der Waals surface area contributed by atoms with Crippen LogP contribution in [0.1, 0.15) is 77.1 Å². The van der Waals surface area contributed by atoms with E-state index in [0.717, 1.165) is 69.5 Å². The zero-order chi connectivity index (χ0) is 40.4. The molecule has 300 valence electrons. The number of thiazole rings is 1. The number of rotatable bonds is 11. The van der Waals surface area contributed by atoms with Crippen LogP contribution in [0.5, 0.6) is 0 Å². The number of likely N-dealkylation sites (tertiary alicyclic amines) is 2. The fourth-order valence-corrected chi connectivity index (χ4v) is 8.73. The monoisotopic (exact) mass is 795 g/mol. The molecule has 0 radical (unpaired) electrons. The fourth-order valence-electron chi connectivity index (χ4n) is 7.89. The minimum absolute atomic E-state index is 0.113. The minimum atomic E-state index is -0.704. The lowest BCUT2D eigenvalue weighted by Crippen LogP contribution is -2.51. The average molecular weight is 796 g/mol. The molecular weight excluding hydrogens is 747 g/mol. The van der Waals surface area contributed by atoms with Crippen LogP contribution >= 0.6 is 11.3 Å². The number of hydrogen-bond acceptors (Lipinski definition) is 10. The molecule has 4 N–H and O–H groups in total. The molecule has 4 atom stereocenters. The Morgan fingerprint density at radius 3 is 1.74 bits per heavy atom. The Morgan fingerprint density at radius 1 is 0.719 bits per heavy atom. The van der Waals surface area contributed by atoms with Crippen molar-refractivity contribution in [2.75, 3.05) is 27.3 Å². The quantitative estimate of drug-likeness (QED) is 0.111. The Morgan fingerprint density at radius 2 is 1.21 bits per heavy atom. The highest BCUT2D eigenvalue weighted by atomic mass is 32.1. The van der Waals surface area contributed by atoms with Crippen LogP contribution in [-0.2, 0) is 19.1 Å². The van der Waals surface area contributed by atoms with Gasteiger partial charge < -0.3 is 39.9 Å². The number of aromatic amines is 2. The van der Waals surface area contributed by atoms with Crippen LogP contribution < -0.4 is 10.6 Å². The maximum atomic E-state index is 13.7. The maximum Gasteiger partial charge on any atom is 0.407 e. The molecule has 2 aliphatic heterocycles. The standard InChI is InChI=1S/C41H49N9O6S/c1-22(2)32(47-40(53)55-5)38(51)49-17-7-9-30(49)36-42-19-28(45-36)25-13-11-24(12-14-25)26-15-16-27(35-34(26)44-21-57-35)29-20-43-37(46-29)31-10-8-18-50(31)39(52)33(23(3)4)48-41(54)56-6/h11-16,19-23,30-33H,7-10,17-18H2,1-6H3,(H,42,45)(H,43,46)(H,47,53)(H,48,54)/t30-,31-,32-,33-/m0/s1. The molecule has 0 bridgehead atoms. The van der Waals surface area contributed by atoms with E-state index in [4.69, 9.17) is 24.4 Å². The van der Waals surface area contributed by atoms with Crippen LogP contribution in [0.25, 0.3) is 43.9 Å². The molecule has 2 fully saturated rings. The van der Waals surface area contributed by atoms with Gasteiger partial charge in [0.05, 0.1) is 53.4 Å². The largest absolute Gasteiger partial charge is 0.453 e. The second kappa shape index (κ2) is 16.8. The van der Waals surface area contributed by atoms with Gasteiger partial charge in [0.1, 0.15) is 23.7 Å². The average Bonchev–Trinajstić information content (AvgIpc) is 4.07. The van der Waals surface area contributed by atoms with E-state index in [2.05, 4.69) is 44.9 Å². The van der Waals surface area contributed by atoms with Crippen LogP contribution in [-0.4, -0.2) is 98.1 Å². The molecule has 5 aromatic rings. The van der Waals surface area contributed by atoms with E-state index >= 15 is 0 Å². The van der Waals surface area contributed by atoms with E-state index in [9.17, 15) is 19.2 Å². The number of methoxy groups -OCH3 is 2. The lowest BCUT2D eigenvalue weighted by Gasteiger charge is -2.29. The third-order valence-electron chi connectivity index (χ3n) is 10.9. The van der Waals surface area contributed by atoms with Crippen LogP contribution in [0.2, 0.25) is 0 Å². The maximum absolute atomic E-state index is 13.7. The minimum Gasteiger partial charge on any atom is -0.453 e. The van der Waals surface area contributed by atoms with Gasteiger partial charge in [-0.25, -0.2) is 24.5 Å². The second-order valence-electron chi connectivity index (χ2n) is 15.2. The van der Waals surface area contributed by atoms with E-state index in [-0.39, 0.29) is 35.7 Å². The predicted molar refractivity (Wildman–Crippen MR) is 216 cm³/mol. The van der Waals surface area contributed by atoms with E-state index in [1.54, 1.807) is 16.2 Å². The molecule has 0 aliphatic carbocycles. The summed E-state index contributed by atoms with van der Waals surface area (Å²) < 4.78 is 10.5. The Hall–Kier alpha value is -5.77. The number of benzene rings is 2. The molecule has 2 aromatic carbocycles. The molecule has 0 spiro atoms. The molecule has 0 unspecified atom stereocenters. The number of ether oxygens (including phenoxy) is 2. The normalized spacial score (nSPS) is 18.0. The summed E-state index contributed by atoms with van der Waals surface area (Å²) in [5, 5.41) is 5.40. The summed E-state index contributed by atoms with van der Waals surface area (Å²) in [6.07, 6.45) is 5.70. The SMILES string of the molecule is COC(=O)N[C@H](C(=O)N1CCC[C@H]1c1nc(-c2ccc(-c3ccc(-c4c[nH]c([C@@H]5CCCN5C(=O)[C@@H](NC(=O)OC)C(C)C)n4)c4scnc34)cc2)c[nH]1)C(C)C. The lowest BCUT2D eigenvalue weighted by molar-refractivity contribution is -0.136. The van der Waals surface area contributed by atoms with Crippen LogP contribution in [0, 0.1) is 11.8 Å². The summed E-state index contributed by atoms with van der Waals surface area (Å²) in [6, 6.07) is 10.5. The number of fused-ring (bicyclic) bond motifs is 1. The predicted octanol–water partition coefficient (Wildman–Crippen LogP) is 6.83. The summed E-state index contributed by atoms with van der Waals surface area (Å²) in [6.45, 7) is 8.76. The van der Waals surface area contributed by atoms with Gasteiger partial charge in [-0.3, -0.25) is 9.59 Å². The highest BCUT2D eigenvalue weighted by molar-refractivity contribution is 7.17. The summed E-state index contributed by atoms with van der Waals surface area (Å²) in [4.78, 5) is 76.2. The van der Waals surface area contributed by atoms with E-state index in [1.807, 2.05) is 62.6 Å². The molecule has 4 amide bonds. The van der Waals surface area contributed by atoms with Gasteiger partial charge in [-0.1, -0.05) is 64.1 Å². The van der Waals surface area contributed by atoms with Gasteiger partial charge in [0.25, 0.3) is 0 Å². The molecule has 7 rings (SSSR count). The van der Waals surface area contributed by atoms with Crippen molar-refractivity contribution >= 4 is 45.6 Å². The number of carbonyl (C=O) groups excluding carboxylic acids is 4. The zero-order valence-corrected chi connectivity index (χ0v) is 33.8. The first kappa shape index (κ1) is 39.5. The van der Waals surface area contributed by atoms with Crippen molar-refractivity contribution < 1.29 is 28.7 Å². The number of amides is 4. The zero-order valence-electron chi connectivity index (χ0n) is 33.0. The van der Waals surface area contributed by atoms with Gasteiger partial charge in [0.2, 0.25) is 11.8 Å². The van der Waals surface area contributed by atoms with E-state index < -0.39 is 24.3 Å². The van der Waals surface area contributed by atoms with Gasteiger partial charge in [-0.15, -0.1) is 11.3 Å². The number of H-pyrrole nitrogens is 2. The molecule has 2 saturated heterocycles. The van der Waals surface area contributed by atoms with E-state index in [1.165, 1.54) is 14.2 Å². The Labute approximate surface area is 335 Å². The molecule has 0 saturated carbocycles.